The van der Waals surface area contributed by atoms with Gasteiger partial charge in [0.1, 0.15) is 11.8 Å². The largest absolute Gasteiger partial charge is 0.484 e. The Morgan fingerprint density at radius 1 is 0.943 bits per heavy atom. The summed E-state index contributed by atoms with van der Waals surface area (Å²) in [5.41, 5.74) is 2.10. The number of carbonyl (C=O) groups is 3. The highest BCUT2D eigenvalue weighted by atomic mass is 16.5. The van der Waals surface area contributed by atoms with E-state index >= 15 is 0 Å². The van der Waals surface area contributed by atoms with E-state index in [0.29, 0.717) is 25.4 Å². The Morgan fingerprint density at radius 2 is 1.54 bits per heavy atom. The minimum absolute atomic E-state index is 0.140. The molecule has 0 radical (unpaired) electrons. The molecule has 1 aromatic rings. The second kappa shape index (κ2) is 16.2. The van der Waals surface area contributed by atoms with Gasteiger partial charge in [-0.05, 0) is 43.5 Å². The Kier molecular flexibility index (Phi) is 13.2. The highest BCUT2D eigenvalue weighted by molar-refractivity contribution is 5.92. The second-order valence-electron chi connectivity index (χ2n) is 9.61. The van der Waals surface area contributed by atoms with E-state index in [9.17, 15) is 14.4 Å². The Bertz CT molecular complexity index is 790. The van der Waals surface area contributed by atoms with Gasteiger partial charge in [-0.25, -0.2) is 0 Å². The third-order valence-corrected chi connectivity index (χ3v) is 6.33. The van der Waals surface area contributed by atoms with E-state index in [1.165, 1.54) is 49.8 Å². The van der Waals surface area contributed by atoms with Crippen molar-refractivity contribution in [1.29, 1.82) is 0 Å². The van der Waals surface area contributed by atoms with Crippen LogP contribution in [0.4, 0.5) is 0 Å². The number of unbranched alkanes of at least 4 members (excludes halogenated alkanes) is 9. The molecule has 1 aliphatic heterocycles. The third kappa shape index (κ3) is 11.1. The molecule has 0 bridgehead atoms. The summed E-state index contributed by atoms with van der Waals surface area (Å²) < 4.78 is 11.0. The normalized spacial score (nSPS) is 15.6. The molecule has 1 unspecified atom stereocenters. The first-order valence-corrected chi connectivity index (χ1v) is 13.3. The first kappa shape index (κ1) is 28.7. The molecule has 1 aromatic carbocycles. The molecule has 0 aliphatic carbocycles. The lowest BCUT2D eigenvalue weighted by atomic mass is 10.1. The van der Waals surface area contributed by atoms with Crippen LogP contribution in [-0.4, -0.2) is 55.0 Å². The van der Waals surface area contributed by atoms with Gasteiger partial charge in [-0.2, -0.15) is 0 Å². The number of hydrogen-bond donors (Lipinski definition) is 1. The molecule has 7 nitrogen and oxygen atoms in total. The van der Waals surface area contributed by atoms with Crippen molar-refractivity contribution in [3.63, 3.8) is 0 Å². The topological polar surface area (TPSA) is 84.9 Å². The SMILES string of the molecule is CCCCCCCCCCCCOC(=O)CC1C(=O)NCCN1C(=O)COc1cc(C)cc(C)c1. The number of aryl methyl sites for hydroxylation is 2. The predicted octanol–water partition coefficient (Wildman–Crippen LogP) is 4.86. The monoisotopic (exact) mass is 488 g/mol. The summed E-state index contributed by atoms with van der Waals surface area (Å²) in [5, 5.41) is 2.74. The molecule has 1 saturated heterocycles. The van der Waals surface area contributed by atoms with Crippen molar-refractivity contribution in [3.05, 3.63) is 29.3 Å². The van der Waals surface area contributed by atoms with Crippen molar-refractivity contribution in [3.8, 4) is 5.75 Å². The number of ether oxygens (including phenoxy) is 2. The van der Waals surface area contributed by atoms with E-state index in [-0.39, 0.29) is 24.8 Å². The van der Waals surface area contributed by atoms with Crippen LogP contribution in [0, 0.1) is 13.8 Å². The van der Waals surface area contributed by atoms with E-state index in [2.05, 4.69) is 12.2 Å². The Balaban J connectivity index is 1.68. The third-order valence-electron chi connectivity index (χ3n) is 6.33. The number of esters is 1. The minimum Gasteiger partial charge on any atom is -0.484 e. The van der Waals surface area contributed by atoms with Crippen LogP contribution in [0.3, 0.4) is 0 Å². The summed E-state index contributed by atoms with van der Waals surface area (Å²) in [4.78, 5) is 39.0. The average molecular weight is 489 g/mol. The fraction of sp³-hybridized carbons (Fsp3) is 0.679. The van der Waals surface area contributed by atoms with Crippen LogP contribution < -0.4 is 10.1 Å². The molecule has 0 saturated carbocycles. The predicted molar refractivity (Wildman–Crippen MR) is 137 cm³/mol. The molecule has 2 amide bonds. The lowest BCUT2D eigenvalue weighted by molar-refractivity contribution is -0.152. The van der Waals surface area contributed by atoms with Crippen molar-refractivity contribution in [1.82, 2.24) is 10.2 Å². The zero-order valence-electron chi connectivity index (χ0n) is 21.9. The highest BCUT2D eigenvalue weighted by Crippen LogP contribution is 2.17. The molecule has 35 heavy (non-hydrogen) atoms. The maximum atomic E-state index is 12.8. The molecule has 2 rings (SSSR count). The van der Waals surface area contributed by atoms with Gasteiger partial charge in [0.05, 0.1) is 13.0 Å². The molecule has 1 aliphatic rings. The summed E-state index contributed by atoms with van der Waals surface area (Å²) in [7, 11) is 0. The number of rotatable bonds is 16. The van der Waals surface area contributed by atoms with Crippen molar-refractivity contribution >= 4 is 17.8 Å². The fourth-order valence-electron chi connectivity index (χ4n) is 4.45. The number of nitrogens with zero attached hydrogens (tertiary/aromatic N) is 1. The summed E-state index contributed by atoms with van der Waals surface area (Å²) in [6.45, 7) is 7.04. The first-order chi connectivity index (χ1) is 16.9. The van der Waals surface area contributed by atoms with Crippen LogP contribution in [-0.2, 0) is 19.1 Å². The van der Waals surface area contributed by atoms with Crippen LogP contribution >= 0.6 is 0 Å². The molecule has 1 fully saturated rings. The van der Waals surface area contributed by atoms with Gasteiger partial charge in [0, 0.05) is 13.1 Å². The average Bonchev–Trinajstić information content (AvgIpc) is 2.81. The highest BCUT2D eigenvalue weighted by Gasteiger charge is 2.35. The van der Waals surface area contributed by atoms with E-state index in [0.717, 1.165) is 30.4 Å². The quantitative estimate of drug-likeness (QED) is 0.265. The number of benzene rings is 1. The summed E-state index contributed by atoms with van der Waals surface area (Å²) in [6, 6.07) is 4.90. The van der Waals surface area contributed by atoms with Crippen molar-refractivity contribution in [2.75, 3.05) is 26.3 Å². The van der Waals surface area contributed by atoms with Gasteiger partial charge in [0.2, 0.25) is 5.91 Å². The molecule has 1 heterocycles. The van der Waals surface area contributed by atoms with Gasteiger partial charge < -0.3 is 19.7 Å². The summed E-state index contributed by atoms with van der Waals surface area (Å²) in [5.74, 6) is -0.473. The smallest absolute Gasteiger partial charge is 0.308 e. The van der Waals surface area contributed by atoms with Gasteiger partial charge in [0.25, 0.3) is 5.91 Å². The molecule has 0 aromatic heterocycles. The van der Waals surface area contributed by atoms with E-state index in [1.54, 1.807) is 0 Å². The lowest BCUT2D eigenvalue weighted by Crippen LogP contribution is -2.58. The van der Waals surface area contributed by atoms with Gasteiger partial charge in [-0.1, -0.05) is 70.8 Å². The Labute approximate surface area is 210 Å². The molecule has 1 N–H and O–H groups in total. The summed E-state index contributed by atoms with van der Waals surface area (Å²) >= 11 is 0. The number of amides is 2. The van der Waals surface area contributed by atoms with Gasteiger partial charge >= 0.3 is 5.97 Å². The van der Waals surface area contributed by atoms with E-state index < -0.39 is 12.0 Å². The zero-order chi connectivity index (χ0) is 25.5. The first-order valence-electron chi connectivity index (χ1n) is 13.3. The molecule has 0 spiro atoms. The fourth-order valence-corrected chi connectivity index (χ4v) is 4.45. The van der Waals surface area contributed by atoms with Crippen LogP contribution in [0.15, 0.2) is 18.2 Å². The number of carbonyl (C=O) groups excluding carboxylic acids is 3. The molecule has 196 valence electrons. The molecule has 7 heteroatoms. The van der Waals surface area contributed by atoms with Crippen LogP contribution in [0.2, 0.25) is 0 Å². The Hall–Kier alpha value is -2.57. The lowest BCUT2D eigenvalue weighted by Gasteiger charge is -2.34. The van der Waals surface area contributed by atoms with E-state index in [4.69, 9.17) is 9.47 Å². The molecular weight excluding hydrogens is 444 g/mol. The van der Waals surface area contributed by atoms with Crippen molar-refractivity contribution < 1.29 is 23.9 Å². The van der Waals surface area contributed by atoms with E-state index in [1.807, 2.05) is 32.0 Å². The van der Waals surface area contributed by atoms with Crippen LogP contribution in [0.1, 0.15) is 88.7 Å². The molecule has 1 atom stereocenters. The number of piperazine rings is 1. The van der Waals surface area contributed by atoms with Crippen LogP contribution in [0.5, 0.6) is 5.75 Å². The minimum atomic E-state index is -0.862. The standard InChI is InChI=1S/C28H44N2O5/c1-4-5-6-7-8-9-10-11-12-13-16-34-27(32)20-25-28(33)29-14-15-30(25)26(31)21-35-24-18-22(2)17-23(3)19-24/h17-19,25H,4-16,20-21H2,1-3H3,(H,29,33). The summed E-state index contributed by atoms with van der Waals surface area (Å²) in [6.07, 6.45) is 12.0. The zero-order valence-corrected chi connectivity index (χ0v) is 21.9. The Morgan fingerprint density at radius 3 is 2.17 bits per heavy atom. The maximum absolute atomic E-state index is 12.8. The number of hydrogen-bond acceptors (Lipinski definition) is 5. The molecular formula is C28H44N2O5. The van der Waals surface area contributed by atoms with Crippen molar-refractivity contribution in [2.24, 2.45) is 0 Å². The van der Waals surface area contributed by atoms with Crippen molar-refractivity contribution in [2.45, 2.75) is 97.4 Å². The number of nitrogens with one attached hydrogen (secondary N) is 1. The van der Waals surface area contributed by atoms with Gasteiger partial charge in [-0.15, -0.1) is 0 Å². The van der Waals surface area contributed by atoms with Crippen LogP contribution in [0.25, 0.3) is 0 Å². The van der Waals surface area contributed by atoms with Gasteiger partial charge in [0.15, 0.2) is 6.61 Å². The van der Waals surface area contributed by atoms with Gasteiger partial charge in [-0.3, -0.25) is 14.4 Å². The second-order valence-corrected chi connectivity index (χ2v) is 9.61. The maximum Gasteiger partial charge on any atom is 0.308 e.